The minimum absolute atomic E-state index is 0.00817. The first-order chi connectivity index (χ1) is 12.9. The predicted molar refractivity (Wildman–Crippen MR) is 97.9 cm³/mol. The van der Waals surface area contributed by atoms with Gasteiger partial charge in [0.1, 0.15) is 5.82 Å². The van der Waals surface area contributed by atoms with Crippen molar-refractivity contribution in [1.29, 1.82) is 0 Å². The minimum Gasteiger partial charge on any atom is -0.396 e. The number of hydrogen-bond acceptors (Lipinski definition) is 4. The Morgan fingerprint density at radius 3 is 2.67 bits per heavy atom. The first kappa shape index (κ1) is 19.6. The number of benzene rings is 1. The largest absolute Gasteiger partial charge is 0.396 e. The molecule has 27 heavy (non-hydrogen) atoms. The van der Waals surface area contributed by atoms with Crippen molar-refractivity contribution in [3.8, 4) is 0 Å². The summed E-state index contributed by atoms with van der Waals surface area (Å²) >= 11 is 0. The molecular weight excluding hydrogens is 353 g/mol. The molecule has 0 spiro atoms. The van der Waals surface area contributed by atoms with E-state index in [4.69, 9.17) is 4.74 Å². The molecule has 0 bridgehead atoms. The van der Waals surface area contributed by atoms with Gasteiger partial charge in [-0.2, -0.15) is 0 Å². The van der Waals surface area contributed by atoms with Crippen LogP contribution in [0.5, 0.6) is 0 Å². The van der Waals surface area contributed by atoms with Crippen LogP contribution in [0, 0.1) is 11.2 Å². The molecule has 1 aromatic carbocycles. The molecule has 0 aliphatic carbocycles. The number of aliphatic hydroxyl groups excluding tert-OH is 1. The maximum Gasteiger partial charge on any atom is 0.317 e. The van der Waals surface area contributed by atoms with Gasteiger partial charge in [-0.3, -0.25) is 4.79 Å². The van der Waals surface area contributed by atoms with E-state index in [0.29, 0.717) is 44.8 Å². The Bertz CT molecular complexity index is 676. The van der Waals surface area contributed by atoms with Gasteiger partial charge in [-0.05, 0) is 37.1 Å². The van der Waals surface area contributed by atoms with E-state index in [0.717, 1.165) is 0 Å². The van der Waals surface area contributed by atoms with E-state index >= 15 is 0 Å². The molecule has 2 fully saturated rings. The average Bonchev–Trinajstić information content (AvgIpc) is 3.03. The van der Waals surface area contributed by atoms with Crippen molar-refractivity contribution in [2.75, 3.05) is 44.9 Å². The number of anilines is 1. The average molecular weight is 379 g/mol. The molecule has 7 nitrogen and oxygen atoms in total. The Kier molecular flexibility index (Phi) is 5.96. The highest BCUT2D eigenvalue weighted by atomic mass is 19.1. The summed E-state index contributed by atoms with van der Waals surface area (Å²) in [6, 6.07) is 5.15. The molecule has 148 valence electrons. The Balaban J connectivity index is 1.56. The van der Waals surface area contributed by atoms with Gasteiger partial charge in [0, 0.05) is 50.9 Å². The van der Waals surface area contributed by atoms with Crippen LogP contribution >= 0.6 is 0 Å². The van der Waals surface area contributed by atoms with Gasteiger partial charge >= 0.3 is 6.03 Å². The zero-order valence-corrected chi connectivity index (χ0v) is 15.5. The lowest BCUT2D eigenvalue weighted by molar-refractivity contribution is -0.117. The standard InChI is InChI=1S/C19H26FN3O4/c1-22(12-19(13-24)6-8-27-9-7-19)18(26)21-15-10-17(25)23(11-15)16-4-2-14(20)3-5-16/h2-5,15,24H,6-13H2,1H3,(H,21,26). The number of aliphatic hydroxyl groups is 1. The van der Waals surface area contributed by atoms with E-state index < -0.39 is 0 Å². The lowest BCUT2D eigenvalue weighted by atomic mass is 9.80. The maximum absolute atomic E-state index is 13.1. The molecule has 3 rings (SSSR count). The van der Waals surface area contributed by atoms with Crippen molar-refractivity contribution in [1.82, 2.24) is 10.2 Å². The summed E-state index contributed by atoms with van der Waals surface area (Å²) in [5.74, 6) is -0.464. The fraction of sp³-hybridized carbons (Fsp3) is 0.579. The predicted octanol–water partition coefficient (Wildman–Crippen LogP) is 1.36. The van der Waals surface area contributed by atoms with Gasteiger partial charge in [0.2, 0.25) is 5.91 Å². The van der Waals surface area contributed by atoms with Crippen LogP contribution in [0.4, 0.5) is 14.9 Å². The summed E-state index contributed by atoms with van der Waals surface area (Å²) in [5, 5.41) is 12.7. The molecule has 0 saturated carbocycles. The van der Waals surface area contributed by atoms with E-state index in [1.807, 2.05) is 0 Å². The molecule has 0 aromatic heterocycles. The van der Waals surface area contributed by atoms with Gasteiger partial charge in [-0.1, -0.05) is 0 Å². The number of hydrogen-bond donors (Lipinski definition) is 2. The summed E-state index contributed by atoms with van der Waals surface area (Å²) in [6.07, 6.45) is 1.62. The van der Waals surface area contributed by atoms with E-state index in [9.17, 15) is 19.1 Å². The number of carbonyl (C=O) groups excluding carboxylic acids is 2. The van der Waals surface area contributed by atoms with E-state index in [1.165, 1.54) is 12.1 Å². The van der Waals surface area contributed by atoms with Crippen molar-refractivity contribution < 1.29 is 23.8 Å². The summed E-state index contributed by atoms with van der Waals surface area (Å²) in [4.78, 5) is 27.9. The zero-order valence-electron chi connectivity index (χ0n) is 15.5. The van der Waals surface area contributed by atoms with Crippen LogP contribution in [0.2, 0.25) is 0 Å². The van der Waals surface area contributed by atoms with Crippen LogP contribution < -0.4 is 10.2 Å². The number of amides is 3. The second kappa shape index (κ2) is 8.22. The van der Waals surface area contributed by atoms with Crippen molar-refractivity contribution in [2.24, 2.45) is 5.41 Å². The number of halogens is 1. The molecule has 2 saturated heterocycles. The van der Waals surface area contributed by atoms with Crippen LogP contribution in [0.3, 0.4) is 0 Å². The lowest BCUT2D eigenvalue weighted by Crippen LogP contribution is -2.50. The normalized spacial score (nSPS) is 22.0. The number of nitrogens with one attached hydrogen (secondary N) is 1. The number of carbonyl (C=O) groups is 2. The highest BCUT2D eigenvalue weighted by molar-refractivity contribution is 5.96. The summed E-state index contributed by atoms with van der Waals surface area (Å²) in [5.41, 5.74) is 0.281. The number of rotatable bonds is 5. The highest BCUT2D eigenvalue weighted by Gasteiger charge is 2.36. The van der Waals surface area contributed by atoms with Crippen LogP contribution in [0.1, 0.15) is 19.3 Å². The first-order valence-electron chi connectivity index (χ1n) is 9.19. The smallest absolute Gasteiger partial charge is 0.317 e. The molecule has 1 unspecified atom stereocenters. The maximum atomic E-state index is 13.1. The van der Waals surface area contributed by atoms with Crippen molar-refractivity contribution in [3.63, 3.8) is 0 Å². The van der Waals surface area contributed by atoms with Gasteiger partial charge in [-0.15, -0.1) is 0 Å². The molecule has 0 radical (unpaired) electrons. The molecule has 1 atom stereocenters. The third-order valence-electron chi connectivity index (χ3n) is 5.40. The molecule has 1 aromatic rings. The molecule has 8 heteroatoms. The third kappa shape index (κ3) is 4.56. The molecular formula is C19H26FN3O4. The van der Waals surface area contributed by atoms with Crippen LogP contribution in [-0.2, 0) is 9.53 Å². The van der Waals surface area contributed by atoms with Gasteiger partial charge in [0.15, 0.2) is 0 Å². The van der Waals surface area contributed by atoms with Crippen molar-refractivity contribution in [2.45, 2.75) is 25.3 Å². The zero-order chi connectivity index (χ0) is 19.4. The van der Waals surface area contributed by atoms with Gasteiger partial charge in [-0.25, -0.2) is 9.18 Å². The summed E-state index contributed by atoms with van der Waals surface area (Å²) < 4.78 is 18.4. The molecule has 2 aliphatic rings. The second-order valence-electron chi connectivity index (χ2n) is 7.46. The van der Waals surface area contributed by atoms with Gasteiger partial charge in [0.25, 0.3) is 0 Å². The quantitative estimate of drug-likeness (QED) is 0.809. The fourth-order valence-electron chi connectivity index (χ4n) is 3.71. The number of ether oxygens (including phenoxy) is 1. The first-order valence-corrected chi connectivity index (χ1v) is 9.19. The lowest BCUT2D eigenvalue weighted by Gasteiger charge is -2.38. The molecule has 2 aliphatic heterocycles. The second-order valence-corrected chi connectivity index (χ2v) is 7.46. The summed E-state index contributed by atoms with van der Waals surface area (Å²) in [7, 11) is 1.69. The van der Waals surface area contributed by atoms with Crippen LogP contribution in [0.25, 0.3) is 0 Å². The molecule has 3 amide bonds. The minimum atomic E-state index is -0.359. The topological polar surface area (TPSA) is 82.1 Å². The number of nitrogens with zero attached hydrogens (tertiary/aromatic N) is 2. The third-order valence-corrected chi connectivity index (χ3v) is 5.40. The van der Waals surface area contributed by atoms with Crippen molar-refractivity contribution in [3.05, 3.63) is 30.1 Å². The SMILES string of the molecule is CN(CC1(CO)CCOCC1)C(=O)NC1CC(=O)N(c2ccc(F)cc2)C1. The molecule has 2 heterocycles. The number of urea groups is 1. The molecule has 2 N–H and O–H groups in total. The Labute approximate surface area is 158 Å². The van der Waals surface area contributed by atoms with Crippen molar-refractivity contribution >= 4 is 17.6 Å². The van der Waals surface area contributed by atoms with Gasteiger partial charge < -0.3 is 25.0 Å². The van der Waals surface area contributed by atoms with E-state index in [-0.39, 0.29) is 42.2 Å². The summed E-state index contributed by atoms with van der Waals surface area (Å²) in [6.45, 7) is 1.96. The van der Waals surface area contributed by atoms with Gasteiger partial charge in [0.05, 0.1) is 12.6 Å². The van der Waals surface area contributed by atoms with E-state index in [1.54, 1.807) is 29.0 Å². The monoisotopic (exact) mass is 379 g/mol. The fourth-order valence-corrected chi connectivity index (χ4v) is 3.71. The highest BCUT2D eigenvalue weighted by Crippen LogP contribution is 2.30. The van der Waals surface area contributed by atoms with E-state index in [2.05, 4.69) is 5.32 Å². The van der Waals surface area contributed by atoms with Crippen LogP contribution in [-0.4, -0.2) is 67.9 Å². The Morgan fingerprint density at radius 2 is 2.04 bits per heavy atom. The Morgan fingerprint density at radius 1 is 1.37 bits per heavy atom. The Hall–Kier alpha value is -2.19. The van der Waals surface area contributed by atoms with Crippen LogP contribution in [0.15, 0.2) is 24.3 Å².